The summed E-state index contributed by atoms with van der Waals surface area (Å²) in [6.07, 6.45) is 3.52. The molecule has 0 aliphatic rings. The van der Waals surface area contributed by atoms with Gasteiger partial charge in [-0.2, -0.15) is 0 Å². The minimum absolute atomic E-state index is 0.665. The molecule has 0 saturated heterocycles. The fourth-order valence-electron chi connectivity index (χ4n) is 1.33. The van der Waals surface area contributed by atoms with Gasteiger partial charge in [-0.05, 0) is 35.9 Å². The van der Waals surface area contributed by atoms with Crippen LogP contribution in [0.4, 0.5) is 5.69 Å². The summed E-state index contributed by atoms with van der Waals surface area (Å²) in [6.45, 7) is 0.697. The maximum atomic E-state index is 6.03. The van der Waals surface area contributed by atoms with Crippen LogP contribution in [0.2, 0.25) is 10.0 Å². The summed E-state index contributed by atoms with van der Waals surface area (Å²) in [5.74, 6) is 0. The summed E-state index contributed by atoms with van der Waals surface area (Å²) in [6, 6.07) is 9.25. The van der Waals surface area contributed by atoms with Gasteiger partial charge in [0.2, 0.25) is 0 Å². The van der Waals surface area contributed by atoms with Crippen LogP contribution in [0.1, 0.15) is 5.56 Å². The van der Waals surface area contributed by atoms with E-state index in [4.69, 9.17) is 23.2 Å². The van der Waals surface area contributed by atoms with Gasteiger partial charge in [0, 0.05) is 24.0 Å². The summed E-state index contributed by atoms with van der Waals surface area (Å²) in [4.78, 5) is 3.96. The molecule has 1 N–H and O–H groups in total. The second-order valence-corrected chi connectivity index (χ2v) is 4.18. The topological polar surface area (TPSA) is 24.9 Å². The molecule has 4 heteroatoms. The van der Waals surface area contributed by atoms with Gasteiger partial charge in [0.15, 0.2) is 0 Å². The molecule has 1 aromatic heterocycles. The SMILES string of the molecule is Clc1ccc(Cl)c(NCc2ccncc2)c1. The molecule has 0 saturated carbocycles. The van der Waals surface area contributed by atoms with E-state index in [2.05, 4.69) is 10.3 Å². The van der Waals surface area contributed by atoms with Gasteiger partial charge in [-0.3, -0.25) is 4.98 Å². The monoisotopic (exact) mass is 252 g/mol. The molecule has 0 spiro atoms. The number of pyridine rings is 1. The lowest BCUT2D eigenvalue weighted by Crippen LogP contribution is -1.99. The highest BCUT2D eigenvalue weighted by atomic mass is 35.5. The lowest BCUT2D eigenvalue weighted by Gasteiger charge is -2.08. The number of rotatable bonds is 3. The van der Waals surface area contributed by atoms with Crippen LogP contribution in [0.25, 0.3) is 0 Å². The Balaban J connectivity index is 2.08. The Labute approximate surface area is 104 Å². The maximum absolute atomic E-state index is 6.03. The number of nitrogens with one attached hydrogen (secondary N) is 1. The first-order valence-electron chi connectivity index (χ1n) is 4.83. The van der Waals surface area contributed by atoms with Crippen molar-refractivity contribution in [2.24, 2.45) is 0 Å². The Hall–Kier alpha value is -1.25. The fraction of sp³-hybridized carbons (Fsp3) is 0.0833. The average Bonchev–Trinajstić information content (AvgIpc) is 2.32. The summed E-state index contributed by atoms with van der Waals surface area (Å²) in [5.41, 5.74) is 1.98. The average molecular weight is 253 g/mol. The first-order chi connectivity index (χ1) is 7.75. The van der Waals surface area contributed by atoms with Crippen LogP contribution < -0.4 is 5.32 Å². The summed E-state index contributed by atoms with van der Waals surface area (Å²) < 4.78 is 0. The Morgan fingerprint density at radius 3 is 2.56 bits per heavy atom. The van der Waals surface area contributed by atoms with Gasteiger partial charge in [-0.1, -0.05) is 23.2 Å². The third kappa shape index (κ3) is 2.87. The standard InChI is InChI=1S/C12H10Cl2N2/c13-10-1-2-11(14)12(7-10)16-8-9-3-5-15-6-4-9/h1-7,16H,8H2. The molecular formula is C12H10Cl2N2. The molecule has 0 fully saturated rings. The molecule has 0 amide bonds. The number of halogens is 2. The van der Waals surface area contributed by atoms with Gasteiger partial charge in [0.05, 0.1) is 10.7 Å². The first-order valence-corrected chi connectivity index (χ1v) is 5.59. The minimum Gasteiger partial charge on any atom is -0.380 e. The predicted molar refractivity (Wildman–Crippen MR) is 68.0 cm³/mol. The van der Waals surface area contributed by atoms with Crippen molar-refractivity contribution in [3.05, 3.63) is 58.3 Å². The zero-order valence-electron chi connectivity index (χ0n) is 8.45. The Kier molecular flexibility index (Phi) is 3.65. The van der Waals surface area contributed by atoms with Crippen molar-refractivity contribution in [1.29, 1.82) is 0 Å². The highest BCUT2D eigenvalue weighted by Gasteiger charge is 2.00. The van der Waals surface area contributed by atoms with Crippen molar-refractivity contribution >= 4 is 28.9 Å². The quantitative estimate of drug-likeness (QED) is 0.894. The molecule has 0 unspecified atom stereocenters. The lowest BCUT2D eigenvalue weighted by molar-refractivity contribution is 1.13. The molecule has 1 heterocycles. The van der Waals surface area contributed by atoms with Crippen molar-refractivity contribution < 1.29 is 0 Å². The van der Waals surface area contributed by atoms with Gasteiger partial charge < -0.3 is 5.32 Å². The van der Waals surface area contributed by atoms with Crippen molar-refractivity contribution in [2.75, 3.05) is 5.32 Å². The highest BCUT2D eigenvalue weighted by molar-refractivity contribution is 6.35. The van der Waals surface area contributed by atoms with E-state index in [0.29, 0.717) is 16.6 Å². The molecule has 0 radical (unpaired) electrons. The molecule has 0 bridgehead atoms. The second kappa shape index (κ2) is 5.19. The van der Waals surface area contributed by atoms with Crippen molar-refractivity contribution in [3.8, 4) is 0 Å². The molecule has 2 aromatic rings. The van der Waals surface area contributed by atoms with Crippen LogP contribution in [-0.2, 0) is 6.54 Å². The third-order valence-corrected chi connectivity index (χ3v) is 2.73. The van der Waals surface area contributed by atoms with E-state index in [1.165, 1.54) is 0 Å². The summed E-state index contributed by atoms with van der Waals surface area (Å²) in [7, 11) is 0. The van der Waals surface area contributed by atoms with Crippen LogP contribution in [0.15, 0.2) is 42.7 Å². The van der Waals surface area contributed by atoms with Crippen LogP contribution in [0.5, 0.6) is 0 Å². The summed E-state index contributed by atoms with van der Waals surface area (Å²) >= 11 is 11.9. The third-order valence-electron chi connectivity index (χ3n) is 2.16. The van der Waals surface area contributed by atoms with Gasteiger partial charge in [0.25, 0.3) is 0 Å². The first kappa shape index (κ1) is 11.2. The maximum Gasteiger partial charge on any atom is 0.0638 e. The van der Waals surface area contributed by atoms with Crippen LogP contribution in [0.3, 0.4) is 0 Å². The van der Waals surface area contributed by atoms with Gasteiger partial charge in [0.1, 0.15) is 0 Å². The zero-order chi connectivity index (χ0) is 11.4. The molecule has 0 atom stereocenters. The van der Waals surface area contributed by atoms with E-state index in [1.807, 2.05) is 18.2 Å². The van der Waals surface area contributed by atoms with Crippen LogP contribution in [0, 0.1) is 0 Å². The number of benzene rings is 1. The van der Waals surface area contributed by atoms with Gasteiger partial charge in [-0.15, -0.1) is 0 Å². The Morgan fingerprint density at radius 2 is 1.81 bits per heavy atom. The molecule has 2 nitrogen and oxygen atoms in total. The van der Waals surface area contributed by atoms with Crippen LogP contribution in [-0.4, -0.2) is 4.98 Å². The molecule has 82 valence electrons. The minimum atomic E-state index is 0.665. The molecule has 16 heavy (non-hydrogen) atoms. The zero-order valence-corrected chi connectivity index (χ0v) is 9.96. The van der Waals surface area contributed by atoms with E-state index in [0.717, 1.165) is 11.3 Å². The molecule has 0 aliphatic heterocycles. The van der Waals surface area contributed by atoms with E-state index in [9.17, 15) is 0 Å². The Morgan fingerprint density at radius 1 is 1.06 bits per heavy atom. The number of hydrogen-bond donors (Lipinski definition) is 1. The van der Waals surface area contributed by atoms with E-state index >= 15 is 0 Å². The highest BCUT2D eigenvalue weighted by Crippen LogP contribution is 2.25. The van der Waals surface area contributed by atoms with E-state index in [1.54, 1.807) is 24.5 Å². The van der Waals surface area contributed by atoms with Gasteiger partial charge in [-0.25, -0.2) is 0 Å². The number of nitrogens with zero attached hydrogens (tertiary/aromatic N) is 1. The molecular weight excluding hydrogens is 243 g/mol. The summed E-state index contributed by atoms with van der Waals surface area (Å²) in [5, 5.41) is 4.56. The number of hydrogen-bond acceptors (Lipinski definition) is 2. The number of aromatic nitrogens is 1. The van der Waals surface area contributed by atoms with Gasteiger partial charge >= 0.3 is 0 Å². The van der Waals surface area contributed by atoms with Crippen LogP contribution >= 0.6 is 23.2 Å². The smallest absolute Gasteiger partial charge is 0.0638 e. The van der Waals surface area contributed by atoms with Crippen molar-refractivity contribution in [3.63, 3.8) is 0 Å². The second-order valence-electron chi connectivity index (χ2n) is 3.33. The normalized spacial score (nSPS) is 10.1. The van der Waals surface area contributed by atoms with Crippen molar-refractivity contribution in [1.82, 2.24) is 4.98 Å². The molecule has 0 aliphatic carbocycles. The fourth-order valence-corrected chi connectivity index (χ4v) is 1.69. The predicted octanol–water partition coefficient (Wildman–Crippen LogP) is 4.00. The van der Waals surface area contributed by atoms with E-state index in [-0.39, 0.29) is 0 Å². The van der Waals surface area contributed by atoms with E-state index < -0.39 is 0 Å². The largest absolute Gasteiger partial charge is 0.380 e. The lowest BCUT2D eigenvalue weighted by atomic mass is 10.2. The Bertz CT molecular complexity index is 472. The van der Waals surface area contributed by atoms with Crippen molar-refractivity contribution in [2.45, 2.75) is 6.54 Å². The molecule has 2 rings (SSSR count). The molecule has 1 aromatic carbocycles. The number of anilines is 1.